The summed E-state index contributed by atoms with van der Waals surface area (Å²) in [4.78, 5) is 17.0. The highest BCUT2D eigenvalue weighted by atomic mass is 19.4. The predicted octanol–water partition coefficient (Wildman–Crippen LogP) is 5.16. The summed E-state index contributed by atoms with van der Waals surface area (Å²) >= 11 is 0. The van der Waals surface area contributed by atoms with E-state index in [0.29, 0.717) is 34.8 Å². The van der Waals surface area contributed by atoms with E-state index < -0.39 is 17.6 Å². The van der Waals surface area contributed by atoms with Crippen molar-refractivity contribution in [2.24, 2.45) is 0 Å². The zero-order valence-electron chi connectivity index (χ0n) is 16.1. The average Bonchev–Trinajstić information content (AvgIpc) is 3.30. The SMILES string of the molecule is CCc1nc2cc(NC(=O)c3cnn(-c4cccc(C(F)(F)F)c4)c3C)ccc2o1. The quantitative estimate of drug-likeness (QED) is 0.501. The van der Waals surface area contributed by atoms with Gasteiger partial charge in [-0.25, -0.2) is 9.67 Å². The van der Waals surface area contributed by atoms with E-state index in [1.54, 1.807) is 25.1 Å². The van der Waals surface area contributed by atoms with Crippen LogP contribution < -0.4 is 5.32 Å². The molecule has 154 valence electrons. The van der Waals surface area contributed by atoms with E-state index in [1.165, 1.54) is 23.0 Å². The molecule has 2 aromatic heterocycles. The molecule has 0 fully saturated rings. The number of oxazole rings is 1. The van der Waals surface area contributed by atoms with Gasteiger partial charge in [-0.2, -0.15) is 18.3 Å². The van der Waals surface area contributed by atoms with Crippen LogP contribution in [-0.2, 0) is 12.6 Å². The number of aryl methyl sites for hydroxylation is 1. The first-order chi connectivity index (χ1) is 14.3. The summed E-state index contributed by atoms with van der Waals surface area (Å²) in [5, 5.41) is 6.86. The molecule has 0 bridgehead atoms. The lowest BCUT2D eigenvalue weighted by Crippen LogP contribution is -2.13. The summed E-state index contributed by atoms with van der Waals surface area (Å²) in [5.74, 6) is 0.177. The fourth-order valence-electron chi connectivity index (χ4n) is 3.11. The molecule has 0 unspecified atom stereocenters. The van der Waals surface area contributed by atoms with Crippen LogP contribution in [-0.4, -0.2) is 20.7 Å². The third kappa shape index (κ3) is 3.66. The van der Waals surface area contributed by atoms with Crippen LogP contribution in [0.2, 0.25) is 0 Å². The van der Waals surface area contributed by atoms with Crippen LogP contribution in [0.4, 0.5) is 18.9 Å². The van der Waals surface area contributed by atoms with Gasteiger partial charge >= 0.3 is 6.18 Å². The van der Waals surface area contributed by atoms with Crippen molar-refractivity contribution in [2.45, 2.75) is 26.4 Å². The number of hydrogen-bond donors (Lipinski definition) is 1. The maximum absolute atomic E-state index is 13.0. The normalized spacial score (nSPS) is 11.8. The predicted molar refractivity (Wildman–Crippen MR) is 105 cm³/mol. The third-order valence-electron chi connectivity index (χ3n) is 4.66. The van der Waals surface area contributed by atoms with Crippen LogP contribution in [0.1, 0.15) is 34.4 Å². The van der Waals surface area contributed by atoms with Gasteiger partial charge in [0.05, 0.1) is 28.7 Å². The highest BCUT2D eigenvalue weighted by Gasteiger charge is 2.30. The maximum atomic E-state index is 13.0. The number of carbonyl (C=O) groups is 1. The molecule has 4 aromatic rings. The van der Waals surface area contributed by atoms with Gasteiger partial charge in [-0.1, -0.05) is 13.0 Å². The number of benzene rings is 2. The van der Waals surface area contributed by atoms with E-state index in [0.717, 1.165) is 12.1 Å². The van der Waals surface area contributed by atoms with Gasteiger partial charge in [-0.15, -0.1) is 0 Å². The highest BCUT2D eigenvalue weighted by molar-refractivity contribution is 6.05. The van der Waals surface area contributed by atoms with Gasteiger partial charge in [-0.05, 0) is 43.3 Å². The Morgan fingerprint density at radius 1 is 1.20 bits per heavy atom. The third-order valence-corrected chi connectivity index (χ3v) is 4.66. The Kier molecular flexibility index (Phi) is 4.81. The Morgan fingerprint density at radius 2 is 2.00 bits per heavy atom. The van der Waals surface area contributed by atoms with Gasteiger partial charge in [-0.3, -0.25) is 4.79 Å². The topological polar surface area (TPSA) is 73.0 Å². The van der Waals surface area contributed by atoms with Gasteiger partial charge in [0.2, 0.25) is 0 Å². The lowest BCUT2D eigenvalue weighted by Gasteiger charge is -2.10. The van der Waals surface area contributed by atoms with Crippen LogP contribution in [0.25, 0.3) is 16.8 Å². The first kappa shape index (κ1) is 19.7. The van der Waals surface area contributed by atoms with Gasteiger partial charge in [0, 0.05) is 12.1 Å². The van der Waals surface area contributed by atoms with E-state index >= 15 is 0 Å². The Hall–Kier alpha value is -3.62. The second-order valence-electron chi connectivity index (χ2n) is 6.70. The molecular formula is C21H17F3N4O2. The molecule has 1 N–H and O–H groups in total. The molecule has 0 aliphatic rings. The molecule has 0 atom stereocenters. The highest BCUT2D eigenvalue weighted by Crippen LogP contribution is 2.30. The number of anilines is 1. The monoisotopic (exact) mass is 414 g/mol. The van der Waals surface area contributed by atoms with Crippen molar-refractivity contribution in [2.75, 3.05) is 5.32 Å². The van der Waals surface area contributed by atoms with Gasteiger partial charge < -0.3 is 9.73 Å². The Bertz CT molecular complexity index is 1240. The van der Waals surface area contributed by atoms with Crippen molar-refractivity contribution in [1.29, 1.82) is 0 Å². The van der Waals surface area contributed by atoms with Crippen LogP contribution in [0.3, 0.4) is 0 Å². The molecule has 2 aromatic carbocycles. The molecule has 0 saturated carbocycles. The molecule has 0 saturated heterocycles. The van der Waals surface area contributed by atoms with E-state index in [9.17, 15) is 18.0 Å². The van der Waals surface area contributed by atoms with Crippen molar-refractivity contribution in [3.8, 4) is 5.69 Å². The molecule has 0 radical (unpaired) electrons. The molecule has 4 rings (SSSR count). The minimum atomic E-state index is -4.46. The van der Waals surface area contributed by atoms with Crippen molar-refractivity contribution in [1.82, 2.24) is 14.8 Å². The molecule has 30 heavy (non-hydrogen) atoms. The Labute approximate surface area is 169 Å². The second kappa shape index (κ2) is 7.33. The number of hydrogen-bond acceptors (Lipinski definition) is 4. The number of halogens is 3. The summed E-state index contributed by atoms with van der Waals surface area (Å²) in [5.41, 5.74) is 1.88. The largest absolute Gasteiger partial charge is 0.441 e. The number of amides is 1. The van der Waals surface area contributed by atoms with Crippen LogP contribution in [0.5, 0.6) is 0 Å². The fraction of sp³-hybridized carbons (Fsp3) is 0.190. The zero-order chi connectivity index (χ0) is 21.5. The van der Waals surface area contributed by atoms with E-state index in [1.807, 2.05) is 6.92 Å². The lowest BCUT2D eigenvalue weighted by atomic mass is 10.2. The minimum absolute atomic E-state index is 0.220. The summed E-state index contributed by atoms with van der Waals surface area (Å²) in [6, 6.07) is 9.89. The number of fused-ring (bicyclic) bond motifs is 1. The fourth-order valence-corrected chi connectivity index (χ4v) is 3.11. The van der Waals surface area contributed by atoms with E-state index in [-0.39, 0.29) is 11.3 Å². The van der Waals surface area contributed by atoms with Crippen LogP contribution in [0, 0.1) is 6.92 Å². The van der Waals surface area contributed by atoms with Gasteiger partial charge in [0.15, 0.2) is 11.5 Å². The second-order valence-corrected chi connectivity index (χ2v) is 6.70. The number of carbonyl (C=O) groups excluding carboxylic acids is 1. The molecule has 2 heterocycles. The first-order valence-corrected chi connectivity index (χ1v) is 9.19. The Morgan fingerprint density at radius 3 is 2.73 bits per heavy atom. The summed E-state index contributed by atoms with van der Waals surface area (Å²) in [6.45, 7) is 3.55. The molecule has 0 spiro atoms. The number of alkyl halides is 3. The molecule has 6 nitrogen and oxygen atoms in total. The molecule has 9 heteroatoms. The minimum Gasteiger partial charge on any atom is -0.441 e. The van der Waals surface area contributed by atoms with Crippen molar-refractivity contribution < 1.29 is 22.4 Å². The van der Waals surface area contributed by atoms with Crippen molar-refractivity contribution in [3.05, 3.63) is 71.4 Å². The standard InChI is InChI=1S/C21H17F3N4O2/c1-3-19-27-17-10-14(7-8-18(17)30-19)26-20(29)16-11-25-28(12(16)2)15-6-4-5-13(9-15)21(22,23)24/h4-11H,3H2,1-2H3,(H,26,29). The molecular weight excluding hydrogens is 397 g/mol. The summed E-state index contributed by atoms with van der Waals surface area (Å²) in [6.07, 6.45) is -2.48. The summed E-state index contributed by atoms with van der Waals surface area (Å²) in [7, 11) is 0. The number of nitrogens with zero attached hydrogens (tertiary/aromatic N) is 3. The number of rotatable bonds is 4. The van der Waals surface area contributed by atoms with E-state index in [4.69, 9.17) is 4.42 Å². The van der Waals surface area contributed by atoms with Crippen molar-refractivity contribution >= 4 is 22.7 Å². The van der Waals surface area contributed by atoms with Gasteiger partial charge in [0.25, 0.3) is 5.91 Å². The lowest BCUT2D eigenvalue weighted by molar-refractivity contribution is -0.137. The number of nitrogens with one attached hydrogen (secondary N) is 1. The number of aromatic nitrogens is 3. The van der Waals surface area contributed by atoms with Crippen LogP contribution in [0.15, 0.2) is 53.1 Å². The zero-order valence-corrected chi connectivity index (χ0v) is 16.1. The van der Waals surface area contributed by atoms with Crippen molar-refractivity contribution in [3.63, 3.8) is 0 Å². The first-order valence-electron chi connectivity index (χ1n) is 9.19. The maximum Gasteiger partial charge on any atom is 0.416 e. The Balaban J connectivity index is 1.60. The van der Waals surface area contributed by atoms with E-state index in [2.05, 4.69) is 15.4 Å². The smallest absolute Gasteiger partial charge is 0.416 e. The molecule has 0 aliphatic carbocycles. The molecule has 0 aliphatic heterocycles. The summed E-state index contributed by atoms with van der Waals surface area (Å²) < 4.78 is 45.8. The van der Waals surface area contributed by atoms with Crippen LogP contribution >= 0.6 is 0 Å². The molecule has 1 amide bonds. The van der Waals surface area contributed by atoms with Gasteiger partial charge in [0.1, 0.15) is 5.52 Å². The average molecular weight is 414 g/mol.